The summed E-state index contributed by atoms with van der Waals surface area (Å²) in [4.78, 5) is 34.1. The number of pyridine rings is 1. The van der Waals surface area contributed by atoms with Crippen LogP contribution in [-0.2, 0) is 20.9 Å². The maximum atomic E-state index is 13.1. The molecular formula is C22H25N3O4. The zero-order valence-electron chi connectivity index (χ0n) is 16.7. The van der Waals surface area contributed by atoms with Crippen molar-refractivity contribution < 1.29 is 19.1 Å². The van der Waals surface area contributed by atoms with Gasteiger partial charge >= 0.3 is 5.97 Å². The Kier molecular flexibility index (Phi) is 5.49. The normalized spacial score (nSPS) is 24.3. The molecule has 1 aromatic carbocycles. The summed E-state index contributed by atoms with van der Waals surface area (Å²) in [5, 5.41) is 0. The van der Waals surface area contributed by atoms with Crippen molar-refractivity contribution in [2.24, 2.45) is 5.92 Å². The number of ether oxygens (including phenoxy) is 2. The third-order valence-corrected chi connectivity index (χ3v) is 5.74. The first-order valence-corrected chi connectivity index (χ1v) is 9.77. The summed E-state index contributed by atoms with van der Waals surface area (Å²) in [5.41, 5.74) is 1.83. The predicted molar refractivity (Wildman–Crippen MR) is 106 cm³/mol. The van der Waals surface area contributed by atoms with Crippen LogP contribution in [0.5, 0.6) is 5.88 Å². The van der Waals surface area contributed by atoms with Crippen LogP contribution in [0.2, 0.25) is 0 Å². The summed E-state index contributed by atoms with van der Waals surface area (Å²) in [7, 11) is 2.99. The highest BCUT2D eigenvalue weighted by atomic mass is 16.5. The van der Waals surface area contributed by atoms with E-state index < -0.39 is 0 Å². The van der Waals surface area contributed by atoms with Crippen molar-refractivity contribution in [1.82, 2.24) is 14.8 Å². The molecule has 3 atom stereocenters. The van der Waals surface area contributed by atoms with E-state index in [-0.39, 0.29) is 29.9 Å². The average Bonchev–Trinajstić information content (AvgIpc) is 3.14. The lowest BCUT2D eigenvalue weighted by atomic mass is 9.93. The fraction of sp³-hybridized carbons (Fsp3) is 0.409. The average molecular weight is 395 g/mol. The highest BCUT2D eigenvalue weighted by molar-refractivity contribution is 5.83. The molecule has 0 N–H and O–H groups in total. The second-order valence-corrected chi connectivity index (χ2v) is 7.52. The predicted octanol–water partition coefficient (Wildman–Crippen LogP) is 2.04. The third kappa shape index (κ3) is 3.82. The van der Waals surface area contributed by atoms with E-state index in [1.807, 2.05) is 47.4 Å². The summed E-state index contributed by atoms with van der Waals surface area (Å²) >= 11 is 0. The van der Waals surface area contributed by atoms with Crippen molar-refractivity contribution in [1.29, 1.82) is 0 Å². The van der Waals surface area contributed by atoms with E-state index in [1.165, 1.54) is 7.11 Å². The van der Waals surface area contributed by atoms with Crippen molar-refractivity contribution in [2.45, 2.75) is 25.0 Å². The van der Waals surface area contributed by atoms with Crippen molar-refractivity contribution in [2.75, 3.05) is 27.3 Å². The van der Waals surface area contributed by atoms with E-state index in [2.05, 4.69) is 9.88 Å². The van der Waals surface area contributed by atoms with Crippen LogP contribution in [0.25, 0.3) is 0 Å². The smallest absolute Gasteiger partial charge is 0.311 e. The number of esters is 1. The Morgan fingerprint density at radius 2 is 1.93 bits per heavy atom. The molecule has 3 heterocycles. The second-order valence-electron chi connectivity index (χ2n) is 7.52. The molecule has 29 heavy (non-hydrogen) atoms. The van der Waals surface area contributed by atoms with Crippen LogP contribution in [0.15, 0.2) is 48.5 Å². The highest BCUT2D eigenvalue weighted by Gasteiger charge is 2.50. The van der Waals surface area contributed by atoms with Gasteiger partial charge in [0.1, 0.15) is 0 Å². The Hall–Kier alpha value is -2.93. The number of piperazine rings is 1. The molecule has 0 saturated carbocycles. The molecule has 0 spiro atoms. The van der Waals surface area contributed by atoms with Crippen LogP contribution in [0.4, 0.5) is 0 Å². The number of nitrogens with zero attached hydrogens (tertiary/aromatic N) is 3. The standard InChI is InChI=1S/C22H25N3O4/c1-28-19-10-6-9-16(23-19)12-24-13-17-11-18(22(27)29-2)21(25(17)20(26)14-24)15-7-4-3-5-8-15/h3-10,17-18,21H,11-14H2,1-2H3/t17-,18-,21-/m0/s1. The second kappa shape index (κ2) is 8.21. The molecule has 2 fully saturated rings. The maximum Gasteiger partial charge on any atom is 0.311 e. The Morgan fingerprint density at radius 1 is 1.14 bits per heavy atom. The van der Waals surface area contributed by atoms with Crippen molar-refractivity contribution in [3.8, 4) is 5.88 Å². The van der Waals surface area contributed by atoms with E-state index in [0.29, 0.717) is 31.9 Å². The van der Waals surface area contributed by atoms with Gasteiger partial charge in [-0.15, -0.1) is 0 Å². The Morgan fingerprint density at radius 3 is 2.66 bits per heavy atom. The fourth-order valence-corrected chi connectivity index (χ4v) is 4.54. The molecule has 4 rings (SSSR count). The van der Waals surface area contributed by atoms with Gasteiger partial charge in [-0.1, -0.05) is 36.4 Å². The van der Waals surface area contributed by atoms with Crippen LogP contribution >= 0.6 is 0 Å². The Balaban J connectivity index is 1.56. The zero-order chi connectivity index (χ0) is 20.4. The first-order valence-electron chi connectivity index (χ1n) is 9.77. The lowest BCUT2D eigenvalue weighted by Gasteiger charge is -2.40. The molecule has 0 radical (unpaired) electrons. The van der Waals surface area contributed by atoms with Crippen LogP contribution < -0.4 is 4.74 Å². The number of amides is 1. The molecule has 2 aromatic rings. The third-order valence-electron chi connectivity index (χ3n) is 5.74. The maximum absolute atomic E-state index is 13.1. The number of hydrogen-bond donors (Lipinski definition) is 0. The highest BCUT2D eigenvalue weighted by Crippen LogP contribution is 2.43. The van der Waals surface area contributed by atoms with Gasteiger partial charge in [-0.2, -0.15) is 0 Å². The molecule has 7 nitrogen and oxygen atoms in total. The van der Waals surface area contributed by atoms with Crippen LogP contribution in [-0.4, -0.2) is 60.0 Å². The molecule has 0 bridgehead atoms. The van der Waals surface area contributed by atoms with Gasteiger partial charge in [0.25, 0.3) is 0 Å². The molecular weight excluding hydrogens is 370 g/mol. The number of hydrogen-bond acceptors (Lipinski definition) is 6. The molecule has 0 aliphatic carbocycles. The zero-order valence-corrected chi connectivity index (χ0v) is 16.7. The minimum absolute atomic E-state index is 0.0313. The molecule has 152 valence electrons. The minimum atomic E-state index is -0.355. The van der Waals surface area contributed by atoms with E-state index in [1.54, 1.807) is 13.2 Å². The van der Waals surface area contributed by atoms with E-state index in [0.717, 1.165) is 11.3 Å². The fourth-order valence-electron chi connectivity index (χ4n) is 4.54. The summed E-state index contributed by atoms with van der Waals surface area (Å²) in [6.45, 7) is 1.56. The molecule has 1 amide bonds. The number of fused-ring (bicyclic) bond motifs is 1. The Labute approximate surface area is 170 Å². The minimum Gasteiger partial charge on any atom is -0.481 e. The molecule has 2 aliphatic rings. The number of carbonyl (C=O) groups is 2. The summed E-state index contributed by atoms with van der Waals surface area (Å²) in [6.07, 6.45) is 0.597. The lowest BCUT2D eigenvalue weighted by molar-refractivity contribution is -0.147. The molecule has 7 heteroatoms. The van der Waals surface area contributed by atoms with Crippen molar-refractivity contribution >= 4 is 11.9 Å². The number of methoxy groups -OCH3 is 2. The van der Waals surface area contributed by atoms with Gasteiger partial charge in [-0.25, -0.2) is 4.98 Å². The van der Waals surface area contributed by atoms with Gasteiger partial charge in [-0.3, -0.25) is 14.5 Å². The van der Waals surface area contributed by atoms with Crippen molar-refractivity contribution in [3.63, 3.8) is 0 Å². The number of rotatable bonds is 5. The number of carbonyl (C=O) groups excluding carboxylic acids is 2. The molecule has 2 aliphatic heterocycles. The first-order chi connectivity index (χ1) is 14.1. The van der Waals surface area contributed by atoms with Crippen LogP contribution in [0, 0.1) is 5.92 Å². The molecule has 0 unspecified atom stereocenters. The number of benzene rings is 1. The van der Waals surface area contributed by atoms with Gasteiger partial charge in [0.2, 0.25) is 11.8 Å². The van der Waals surface area contributed by atoms with E-state index in [4.69, 9.17) is 9.47 Å². The number of aromatic nitrogens is 1. The van der Waals surface area contributed by atoms with Gasteiger partial charge < -0.3 is 14.4 Å². The van der Waals surface area contributed by atoms with Crippen LogP contribution in [0.1, 0.15) is 23.7 Å². The quantitative estimate of drug-likeness (QED) is 0.722. The summed E-state index contributed by atoms with van der Waals surface area (Å²) in [5.74, 6) is -0.0269. The van der Waals surface area contributed by atoms with Gasteiger partial charge in [0, 0.05) is 25.2 Å². The van der Waals surface area contributed by atoms with Crippen molar-refractivity contribution in [3.05, 3.63) is 59.8 Å². The van der Waals surface area contributed by atoms with E-state index >= 15 is 0 Å². The topological polar surface area (TPSA) is 72.0 Å². The van der Waals surface area contributed by atoms with Gasteiger partial charge in [0.05, 0.1) is 38.4 Å². The lowest BCUT2D eigenvalue weighted by Crippen LogP contribution is -2.54. The monoisotopic (exact) mass is 395 g/mol. The van der Waals surface area contributed by atoms with Gasteiger partial charge in [-0.05, 0) is 18.1 Å². The Bertz CT molecular complexity index is 889. The molecule has 1 aromatic heterocycles. The summed E-state index contributed by atoms with van der Waals surface area (Å²) in [6, 6.07) is 15.1. The largest absolute Gasteiger partial charge is 0.481 e. The first kappa shape index (κ1) is 19.4. The van der Waals surface area contributed by atoms with E-state index in [9.17, 15) is 9.59 Å². The van der Waals surface area contributed by atoms with Gasteiger partial charge in [0.15, 0.2) is 0 Å². The summed E-state index contributed by atoms with van der Waals surface area (Å²) < 4.78 is 10.3. The molecule has 2 saturated heterocycles. The van der Waals surface area contributed by atoms with Crippen LogP contribution in [0.3, 0.4) is 0 Å². The SMILES string of the molecule is COC(=O)[C@H]1C[C@H]2CN(Cc3cccc(OC)n3)CC(=O)N2[C@H]1c1ccccc1.